The molecule has 0 unspecified atom stereocenters. The van der Waals surface area contributed by atoms with Crippen molar-refractivity contribution in [1.29, 1.82) is 0 Å². The van der Waals surface area contributed by atoms with Gasteiger partial charge in [0.1, 0.15) is 0 Å². The number of non-ortho nitro benzene ring substituents is 1. The monoisotopic (exact) mass is 475 g/mol. The molecule has 0 spiro atoms. The van der Waals surface area contributed by atoms with Crippen molar-refractivity contribution in [1.82, 2.24) is 9.62 Å². The largest absolute Gasteiger partial charge is 0.392 e. The fourth-order valence-electron chi connectivity index (χ4n) is 3.99. The van der Waals surface area contributed by atoms with Crippen molar-refractivity contribution in [2.75, 3.05) is 19.6 Å². The van der Waals surface area contributed by atoms with E-state index < -0.39 is 27.0 Å². The molecule has 0 saturated carbocycles. The van der Waals surface area contributed by atoms with E-state index in [9.17, 15) is 28.4 Å². The van der Waals surface area contributed by atoms with Crippen LogP contribution in [-0.2, 0) is 21.2 Å². The van der Waals surface area contributed by atoms with Crippen LogP contribution in [0.25, 0.3) is 0 Å². The van der Waals surface area contributed by atoms with Gasteiger partial charge in [0.2, 0.25) is 15.9 Å². The van der Waals surface area contributed by atoms with E-state index in [1.54, 1.807) is 0 Å². The number of carbonyl (C=O) groups is 1. The molecule has 178 valence electrons. The van der Waals surface area contributed by atoms with E-state index in [0.717, 1.165) is 49.1 Å². The highest BCUT2D eigenvalue weighted by molar-refractivity contribution is 7.89. The van der Waals surface area contributed by atoms with Crippen molar-refractivity contribution in [3.05, 3.63) is 70.3 Å². The van der Waals surface area contributed by atoms with Crippen LogP contribution in [0.1, 0.15) is 31.2 Å². The van der Waals surface area contributed by atoms with Crippen molar-refractivity contribution in [2.24, 2.45) is 5.92 Å². The minimum atomic E-state index is -3.96. The molecular weight excluding hydrogens is 446 g/mol. The van der Waals surface area contributed by atoms with Gasteiger partial charge in [-0.05, 0) is 49.8 Å². The van der Waals surface area contributed by atoms with E-state index in [2.05, 4.69) is 4.72 Å². The molecule has 10 heteroatoms. The van der Waals surface area contributed by atoms with Crippen LogP contribution in [-0.4, -0.2) is 55.0 Å². The van der Waals surface area contributed by atoms with Crippen molar-refractivity contribution >= 4 is 21.6 Å². The summed E-state index contributed by atoms with van der Waals surface area (Å²) in [7, 11) is -3.96. The number of aliphatic hydroxyl groups excluding tert-OH is 1. The standard InChI is InChI=1S/C23H29N3O6S/c27-21(17-24-33(31,32)22-11-9-20(10-12-22)26(29)30)16-19(15-18-7-3-1-4-8-18)23(28)25-13-5-2-6-14-25/h1,3-4,7-12,19,21,24,27H,2,5-6,13-17H2/t19-,21-/m0/s1. The third-order valence-electron chi connectivity index (χ3n) is 5.77. The van der Waals surface area contributed by atoms with Gasteiger partial charge in [0, 0.05) is 37.7 Å². The summed E-state index contributed by atoms with van der Waals surface area (Å²) in [5.41, 5.74) is 0.764. The number of nitrogens with one attached hydrogen (secondary N) is 1. The van der Waals surface area contributed by atoms with E-state index >= 15 is 0 Å². The summed E-state index contributed by atoms with van der Waals surface area (Å²) in [6, 6.07) is 14.1. The number of hydrogen-bond donors (Lipinski definition) is 2. The number of nitro groups is 1. The van der Waals surface area contributed by atoms with Crippen LogP contribution in [0.2, 0.25) is 0 Å². The van der Waals surface area contributed by atoms with E-state index in [4.69, 9.17) is 0 Å². The summed E-state index contributed by atoms with van der Waals surface area (Å²) >= 11 is 0. The molecule has 1 fully saturated rings. The molecule has 33 heavy (non-hydrogen) atoms. The quantitative estimate of drug-likeness (QED) is 0.401. The molecule has 3 rings (SSSR count). The first-order chi connectivity index (χ1) is 15.8. The van der Waals surface area contributed by atoms with E-state index in [0.29, 0.717) is 19.5 Å². The lowest BCUT2D eigenvalue weighted by atomic mass is 9.91. The van der Waals surface area contributed by atoms with Crippen molar-refractivity contribution in [2.45, 2.75) is 43.1 Å². The zero-order valence-electron chi connectivity index (χ0n) is 18.3. The molecule has 2 aromatic rings. The van der Waals surface area contributed by atoms with E-state index in [1.165, 1.54) is 0 Å². The second-order valence-electron chi connectivity index (χ2n) is 8.27. The van der Waals surface area contributed by atoms with Gasteiger partial charge in [0.05, 0.1) is 15.9 Å². The molecule has 1 saturated heterocycles. The van der Waals surface area contributed by atoms with Gasteiger partial charge in [-0.3, -0.25) is 14.9 Å². The smallest absolute Gasteiger partial charge is 0.269 e. The van der Waals surface area contributed by atoms with Crippen molar-refractivity contribution < 1.29 is 23.2 Å². The minimum Gasteiger partial charge on any atom is -0.392 e. The summed E-state index contributed by atoms with van der Waals surface area (Å²) in [4.78, 5) is 25.0. The van der Waals surface area contributed by atoms with Gasteiger partial charge < -0.3 is 10.0 Å². The fraction of sp³-hybridized carbons (Fsp3) is 0.435. The van der Waals surface area contributed by atoms with Gasteiger partial charge in [0.15, 0.2) is 0 Å². The Labute approximate surface area is 193 Å². The summed E-state index contributed by atoms with van der Waals surface area (Å²) in [5, 5.41) is 21.3. The predicted octanol–water partition coefficient (Wildman–Crippen LogP) is 2.50. The number of hydrogen-bond acceptors (Lipinski definition) is 6. The Morgan fingerprint density at radius 2 is 1.70 bits per heavy atom. The van der Waals surface area contributed by atoms with Gasteiger partial charge in [-0.1, -0.05) is 30.3 Å². The fourth-order valence-corrected chi connectivity index (χ4v) is 5.06. The average Bonchev–Trinajstić information content (AvgIpc) is 2.83. The number of benzene rings is 2. The molecule has 1 amide bonds. The van der Waals surface area contributed by atoms with Crippen LogP contribution in [0.15, 0.2) is 59.5 Å². The highest BCUT2D eigenvalue weighted by atomic mass is 32.2. The number of piperidine rings is 1. The van der Waals surface area contributed by atoms with E-state index in [-0.39, 0.29) is 29.5 Å². The number of likely N-dealkylation sites (tertiary alicyclic amines) is 1. The third kappa shape index (κ3) is 7.08. The number of rotatable bonds is 10. The number of aliphatic hydroxyl groups is 1. The Hall–Kier alpha value is -2.82. The average molecular weight is 476 g/mol. The van der Waals surface area contributed by atoms with Crippen LogP contribution >= 0.6 is 0 Å². The Kier molecular flexibility index (Phi) is 8.54. The normalized spacial score (nSPS) is 16.2. The number of amides is 1. The summed E-state index contributed by atoms with van der Waals surface area (Å²) in [6.07, 6.45) is 2.53. The molecule has 1 aliphatic rings. The number of carbonyl (C=O) groups excluding carboxylic acids is 1. The van der Waals surface area contributed by atoms with Crippen LogP contribution in [0.4, 0.5) is 5.69 Å². The maximum absolute atomic E-state index is 13.2. The summed E-state index contributed by atoms with van der Waals surface area (Å²) < 4.78 is 27.4. The Morgan fingerprint density at radius 3 is 2.30 bits per heavy atom. The summed E-state index contributed by atoms with van der Waals surface area (Å²) in [5.74, 6) is -0.486. The molecule has 1 heterocycles. The maximum Gasteiger partial charge on any atom is 0.269 e. The van der Waals surface area contributed by atoms with Crippen LogP contribution in [0, 0.1) is 16.0 Å². The zero-order chi connectivity index (χ0) is 23.8. The lowest BCUT2D eigenvalue weighted by molar-refractivity contribution is -0.384. The van der Waals surface area contributed by atoms with Gasteiger partial charge in [-0.2, -0.15) is 0 Å². The topological polar surface area (TPSA) is 130 Å². The number of sulfonamides is 1. The van der Waals surface area contributed by atoms with Crippen LogP contribution < -0.4 is 4.72 Å². The first-order valence-corrected chi connectivity index (χ1v) is 12.5. The number of nitrogens with zero attached hydrogens (tertiary/aromatic N) is 2. The number of nitro benzene ring substituents is 1. The Morgan fingerprint density at radius 1 is 1.06 bits per heavy atom. The third-order valence-corrected chi connectivity index (χ3v) is 7.20. The van der Waals surface area contributed by atoms with Gasteiger partial charge in [-0.25, -0.2) is 13.1 Å². The highest BCUT2D eigenvalue weighted by Gasteiger charge is 2.28. The second-order valence-corrected chi connectivity index (χ2v) is 10.0. The molecule has 2 atom stereocenters. The molecule has 0 bridgehead atoms. The first-order valence-electron chi connectivity index (χ1n) is 11.0. The minimum absolute atomic E-state index is 0.0178. The Balaban J connectivity index is 1.64. The van der Waals surface area contributed by atoms with Crippen LogP contribution in [0.5, 0.6) is 0 Å². The summed E-state index contributed by atoms with van der Waals surface area (Å²) in [6.45, 7) is 1.14. The molecule has 0 aromatic heterocycles. The molecule has 0 radical (unpaired) electrons. The molecule has 2 aromatic carbocycles. The molecule has 1 aliphatic heterocycles. The lowest BCUT2D eigenvalue weighted by Crippen LogP contribution is -2.42. The van der Waals surface area contributed by atoms with Crippen molar-refractivity contribution in [3.8, 4) is 0 Å². The molecule has 0 aliphatic carbocycles. The van der Waals surface area contributed by atoms with E-state index in [1.807, 2.05) is 35.2 Å². The second kappa shape index (κ2) is 11.4. The Bertz CT molecular complexity index is 1040. The first kappa shape index (κ1) is 24.8. The molecule has 9 nitrogen and oxygen atoms in total. The molecular formula is C23H29N3O6S. The molecule has 2 N–H and O–H groups in total. The SMILES string of the molecule is O=C([C@@H](Cc1ccccc1)C[C@H](O)CNS(=O)(=O)c1ccc([N+](=O)[O-])cc1)N1CCCCC1. The van der Waals surface area contributed by atoms with Gasteiger partial charge in [0.25, 0.3) is 5.69 Å². The van der Waals surface area contributed by atoms with Crippen molar-refractivity contribution in [3.63, 3.8) is 0 Å². The maximum atomic E-state index is 13.2. The highest BCUT2D eigenvalue weighted by Crippen LogP contribution is 2.21. The predicted molar refractivity (Wildman–Crippen MR) is 123 cm³/mol. The lowest BCUT2D eigenvalue weighted by Gasteiger charge is -2.31. The van der Waals surface area contributed by atoms with Gasteiger partial charge in [-0.15, -0.1) is 0 Å². The zero-order valence-corrected chi connectivity index (χ0v) is 19.1. The van der Waals surface area contributed by atoms with Gasteiger partial charge >= 0.3 is 0 Å². The van der Waals surface area contributed by atoms with Crippen LogP contribution in [0.3, 0.4) is 0 Å².